The first kappa shape index (κ1) is 11.4. The number of halogens is 2. The van der Waals surface area contributed by atoms with Crippen molar-refractivity contribution in [3.63, 3.8) is 0 Å². The summed E-state index contributed by atoms with van der Waals surface area (Å²) in [6.45, 7) is 1.91. The van der Waals surface area contributed by atoms with Crippen LogP contribution >= 0.6 is 15.9 Å². The van der Waals surface area contributed by atoms with Crippen molar-refractivity contribution in [3.05, 3.63) is 28.0 Å². The predicted octanol–water partition coefficient (Wildman–Crippen LogP) is 2.91. The van der Waals surface area contributed by atoms with Crippen molar-refractivity contribution in [2.24, 2.45) is 0 Å². The largest absolute Gasteiger partial charge is 0.487 e. The van der Waals surface area contributed by atoms with E-state index in [-0.39, 0.29) is 11.9 Å². The van der Waals surface area contributed by atoms with E-state index in [1.807, 2.05) is 6.92 Å². The third-order valence-corrected chi connectivity index (χ3v) is 3.91. The molecule has 0 amide bonds. The Bertz CT molecular complexity index is 479. The first-order chi connectivity index (χ1) is 7.97. The number of aliphatic hydroxyl groups excluding tert-OH is 1. The highest BCUT2D eigenvalue weighted by Gasteiger charge is 2.45. The molecular formula is C12H12BrFO3. The quantitative estimate of drug-likeness (QED) is 0.801. The lowest BCUT2D eigenvalue weighted by atomic mass is 9.85. The molecule has 2 aliphatic heterocycles. The highest BCUT2D eigenvalue weighted by molar-refractivity contribution is 9.10. The second kappa shape index (κ2) is 3.67. The Hall–Kier alpha value is -0.650. The molecule has 1 saturated heterocycles. The van der Waals surface area contributed by atoms with Crippen molar-refractivity contribution in [1.82, 2.24) is 0 Å². The first-order valence-electron chi connectivity index (χ1n) is 5.48. The van der Waals surface area contributed by atoms with Crippen molar-refractivity contribution in [3.8, 4) is 5.75 Å². The van der Waals surface area contributed by atoms with Crippen LogP contribution in [0, 0.1) is 5.82 Å². The van der Waals surface area contributed by atoms with Crippen LogP contribution in [0.5, 0.6) is 5.75 Å². The smallest absolute Gasteiger partial charge is 0.159 e. The summed E-state index contributed by atoms with van der Waals surface area (Å²) in [6, 6.07) is 3.03. The van der Waals surface area contributed by atoms with E-state index in [0.717, 1.165) is 5.56 Å². The summed E-state index contributed by atoms with van der Waals surface area (Å²) in [6.07, 6.45) is 0.0237. The van der Waals surface area contributed by atoms with Gasteiger partial charge in [-0.2, -0.15) is 0 Å². The van der Waals surface area contributed by atoms with E-state index in [0.29, 0.717) is 23.1 Å². The van der Waals surface area contributed by atoms with Gasteiger partial charge in [0, 0.05) is 24.5 Å². The standard InChI is InChI=1S/C12H12BrFO3/c1-12-4-10(16-11(15)5-12)6-2-7(13)8(14)3-9(6)17-12/h2-3,10-11,15H,4-5H2,1H3. The lowest BCUT2D eigenvalue weighted by Gasteiger charge is -2.45. The van der Waals surface area contributed by atoms with Gasteiger partial charge in [0.2, 0.25) is 0 Å². The fourth-order valence-corrected chi connectivity index (χ4v) is 2.91. The van der Waals surface area contributed by atoms with Crippen LogP contribution in [0.25, 0.3) is 0 Å². The van der Waals surface area contributed by atoms with Gasteiger partial charge in [0.05, 0.1) is 10.6 Å². The summed E-state index contributed by atoms with van der Waals surface area (Å²) >= 11 is 3.14. The highest BCUT2D eigenvalue weighted by Crippen LogP contribution is 2.48. The summed E-state index contributed by atoms with van der Waals surface area (Å²) in [7, 11) is 0. The Morgan fingerprint density at radius 3 is 3.00 bits per heavy atom. The van der Waals surface area contributed by atoms with Gasteiger partial charge in [0.25, 0.3) is 0 Å². The van der Waals surface area contributed by atoms with Gasteiger partial charge in [-0.3, -0.25) is 0 Å². The molecule has 0 saturated carbocycles. The van der Waals surface area contributed by atoms with Gasteiger partial charge in [0.1, 0.15) is 17.2 Å². The minimum atomic E-state index is -0.823. The van der Waals surface area contributed by atoms with E-state index in [1.165, 1.54) is 6.07 Å². The Balaban J connectivity index is 2.10. The zero-order valence-electron chi connectivity index (χ0n) is 9.24. The SMILES string of the molecule is CC12CC(O)OC(C1)c1cc(Br)c(F)cc1O2. The molecule has 3 atom stereocenters. The van der Waals surface area contributed by atoms with Crippen LogP contribution in [-0.2, 0) is 4.74 Å². The zero-order chi connectivity index (χ0) is 12.2. The fourth-order valence-electron chi connectivity index (χ4n) is 2.55. The normalized spacial score (nSPS) is 35.1. The van der Waals surface area contributed by atoms with Crippen LogP contribution in [0.2, 0.25) is 0 Å². The van der Waals surface area contributed by atoms with Crippen molar-refractivity contribution in [2.75, 3.05) is 0 Å². The van der Waals surface area contributed by atoms with E-state index in [9.17, 15) is 9.50 Å². The van der Waals surface area contributed by atoms with Gasteiger partial charge in [-0.15, -0.1) is 0 Å². The summed E-state index contributed by atoms with van der Waals surface area (Å²) in [5.74, 6) is 0.157. The summed E-state index contributed by atoms with van der Waals surface area (Å²) in [5, 5.41) is 9.64. The maximum Gasteiger partial charge on any atom is 0.159 e. The van der Waals surface area contributed by atoms with Crippen molar-refractivity contribution in [1.29, 1.82) is 0 Å². The maximum atomic E-state index is 13.5. The molecule has 0 aliphatic carbocycles. The summed E-state index contributed by atoms with van der Waals surface area (Å²) in [4.78, 5) is 0. The minimum Gasteiger partial charge on any atom is -0.487 e. The second-order valence-electron chi connectivity index (χ2n) is 4.84. The van der Waals surface area contributed by atoms with Crippen LogP contribution < -0.4 is 4.74 Å². The number of aliphatic hydroxyl groups is 1. The molecule has 0 spiro atoms. The van der Waals surface area contributed by atoms with E-state index < -0.39 is 11.9 Å². The molecule has 0 radical (unpaired) electrons. The van der Waals surface area contributed by atoms with Crippen LogP contribution in [0.3, 0.4) is 0 Å². The van der Waals surface area contributed by atoms with Crippen LogP contribution in [0.4, 0.5) is 4.39 Å². The molecule has 1 aromatic rings. The van der Waals surface area contributed by atoms with Crippen molar-refractivity contribution < 1.29 is 19.0 Å². The third-order valence-electron chi connectivity index (χ3n) is 3.30. The van der Waals surface area contributed by atoms with Crippen molar-refractivity contribution >= 4 is 15.9 Å². The van der Waals surface area contributed by atoms with E-state index in [1.54, 1.807) is 6.07 Å². The molecule has 5 heteroatoms. The molecule has 17 heavy (non-hydrogen) atoms. The number of benzene rings is 1. The Morgan fingerprint density at radius 2 is 2.24 bits per heavy atom. The Kier molecular flexibility index (Phi) is 2.47. The molecule has 92 valence electrons. The molecule has 2 aliphatic rings. The lowest BCUT2D eigenvalue weighted by Crippen LogP contribution is -2.47. The molecule has 1 N–H and O–H groups in total. The van der Waals surface area contributed by atoms with Crippen LogP contribution in [0.1, 0.15) is 31.4 Å². The molecular weight excluding hydrogens is 291 g/mol. The van der Waals surface area contributed by atoms with Gasteiger partial charge in [0.15, 0.2) is 6.29 Å². The summed E-state index contributed by atoms with van der Waals surface area (Å²) in [5.41, 5.74) is 0.310. The number of fused-ring (bicyclic) bond motifs is 4. The van der Waals surface area contributed by atoms with Gasteiger partial charge < -0.3 is 14.6 Å². The zero-order valence-corrected chi connectivity index (χ0v) is 10.8. The minimum absolute atomic E-state index is 0.232. The molecule has 3 nitrogen and oxygen atoms in total. The van der Waals surface area contributed by atoms with Crippen molar-refractivity contribution in [2.45, 2.75) is 37.8 Å². The number of ether oxygens (including phenoxy) is 2. The van der Waals surface area contributed by atoms with Gasteiger partial charge in [-0.05, 0) is 28.9 Å². The number of hydrogen-bond donors (Lipinski definition) is 1. The lowest BCUT2D eigenvalue weighted by molar-refractivity contribution is -0.220. The van der Waals surface area contributed by atoms with E-state index >= 15 is 0 Å². The van der Waals surface area contributed by atoms with Crippen LogP contribution in [0.15, 0.2) is 16.6 Å². The van der Waals surface area contributed by atoms with Gasteiger partial charge in [-0.1, -0.05) is 0 Å². The monoisotopic (exact) mass is 302 g/mol. The fraction of sp³-hybridized carbons (Fsp3) is 0.500. The molecule has 0 aromatic heterocycles. The molecule has 1 fully saturated rings. The number of hydrogen-bond acceptors (Lipinski definition) is 3. The van der Waals surface area contributed by atoms with E-state index in [2.05, 4.69) is 15.9 Å². The molecule has 1 aromatic carbocycles. The molecule has 3 rings (SSSR count). The average Bonchev–Trinajstić information content (AvgIpc) is 2.19. The third kappa shape index (κ3) is 1.86. The Labute approximate surface area is 107 Å². The second-order valence-corrected chi connectivity index (χ2v) is 5.70. The Morgan fingerprint density at radius 1 is 1.47 bits per heavy atom. The molecule has 3 unspecified atom stereocenters. The van der Waals surface area contributed by atoms with Crippen LogP contribution in [-0.4, -0.2) is 17.0 Å². The highest BCUT2D eigenvalue weighted by atomic mass is 79.9. The molecule has 2 heterocycles. The molecule has 2 bridgehead atoms. The number of rotatable bonds is 0. The maximum absolute atomic E-state index is 13.5. The predicted molar refractivity (Wildman–Crippen MR) is 62.2 cm³/mol. The first-order valence-corrected chi connectivity index (χ1v) is 6.28. The van der Waals surface area contributed by atoms with Gasteiger partial charge in [-0.25, -0.2) is 4.39 Å². The van der Waals surface area contributed by atoms with Gasteiger partial charge >= 0.3 is 0 Å². The summed E-state index contributed by atoms with van der Waals surface area (Å²) < 4.78 is 25.1. The average molecular weight is 303 g/mol. The van der Waals surface area contributed by atoms with E-state index in [4.69, 9.17) is 9.47 Å². The topological polar surface area (TPSA) is 38.7 Å².